The first kappa shape index (κ1) is 16.0. The second-order valence-corrected chi connectivity index (χ2v) is 5.93. The molecule has 3 unspecified atom stereocenters. The van der Waals surface area contributed by atoms with Crippen LogP contribution in [0.25, 0.3) is 0 Å². The molecule has 0 aromatic heterocycles. The Bertz CT molecular complexity index is 429. The van der Waals surface area contributed by atoms with Crippen molar-refractivity contribution in [2.24, 2.45) is 11.8 Å². The van der Waals surface area contributed by atoms with Gasteiger partial charge in [0.15, 0.2) is 0 Å². The molecule has 0 spiro atoms. The average Bonchev–Trinajstić information content (AvgIpc) is 2.94. The molecule has 0 aliphatic carbocycles. The highest BCUT2D eigenvalue weighted by atomic mass is 16.5. The predicted molar refractivity (Wildman–Crippen MR) is 82.7 cm³/mol. The number of rotatable bonds is 8. The lowest BCUT2D eigenvalue weighted by molar-refractivity contribution is -0.144. The van der Waals surface area contributed by atoms with E-state index in [9.17, 15) is 9.90 Å². The van der Waals surface area contributed by atoms with Crippen molar-refractivity contribution in [2.75, 3.05) is 6.61 Å². The van der Waals surface area contributed by atoms with Crippen molar-refractivity contribution >= 4 is 5.97 Å². The summed E-state index contributed by atoms with van der Waals surface area (Å²) in [5, 5.41) is 10.7. The molecule has 1 saturated heterocycles. The van der Waals surface area contributed by atoms with Gasteiger partial charge >= 0.3 is 5.97 Å². The quantitative estimate of drug-likeness (QED) is 0.584. The fourth-order valence-electron chi connectivity index (χ4n) is 3.18. The van der Waals surface area contributed by atoms with Crippen LogP contribution in [0.5, 0.6) is 0 Å². The van der Waals surface area contributed by atoms with Gasteiger partial charge in [-0.3, -0.25) is 4.79 Å². The van der Waals surface area contributed by atoms with Crippen LogP contribution in [0.4, 0.5) is 0 Å². The normalized spacial score (nSPS) is 21.0. The van der Waals surface area contributed by atoms with E-state index in [0.29, 0.717) is 6.61 Å². The number of unbranched alkanes of at least 4 members (excludes halogenated alkanes) is 3. The molecule has 0 radical (unpaired) electrons. The minimum absolute atomic E-state index is 0.0285. The molecule has 3 nitrogen and oxygen atoms in total. The third-order valence-electron chi connectivity index (χ3n) is 4.43. The fourth-order valence-corrected chi connectivity index (χ4v) is 3.18. The number of aliphatic hydroxyl groups excluding tert-OH is 1. The lowest BCUT2D eigenvalue weighted by atomic mass is 9.80. The monoisotopic (exact) mass is 290 g/mol. The van der Waals surface area contributed by atoms with E-state index in [4.69, 9.17) is 4.74 Å². The zero-order valence-electron chi connectivity index (χ0n) is 12.8. The van der Waals surface area contributed by atoms with E-state index >= 15 is 0 Å². The van der Waals surface area contributed by atoms with Crippen LogP contribution in [0.3, 0.4) is 0 Å². The van der Waals surface area contributed by atoms with Crippen LogP contribution in [0.2, 0.25) is 0 Å². The number of aliphatic hydroxyl groups is 1. The first-order valence-corrected chi connectivity index (χ1v) is 8.13. The Morgan fingerprint density at radius 3 is 2.62 bits per heavy atom. The summed E-state index contributed by atoms with van der Waals surface area (Å²) in [5.74, 6) is -0.313. The molecular formula is C18H26O3. The molecular weight excluding hydrogens is 264 g/mol. The summed E-state index contributed by atoms with van der Waals surface area (Å²) in [4.78, 5) is 11.9. The Morgan fingerprint density at radius 1 is 1.24 bits per heavy atom. The van der Waals surface area contributed by atoms with Crippen molar-refractivity contribution in [1.82, 2.24) is 0 Å². The summed E-state index contributed by atoms with van der Waals surface area (Å²) in [6.07, 6.45) is 5.67. The van der Waals surface area contributed by atoms with Crippen LogP contribution in [0.1, 0.15) is 57.1 Å². The highest BCUT2D eigenvalue weighted by Crippen LogP contribution is 2.37. The SMILES string of the molecule is CCCCCCC(C1CCOC1=O)C(O)c1ccccc1. The molecule has 1 aliphatic heterocycles. The Hall–Kier alpha value is -1.35. The third kappa shape index (κ3) is 4.31. The number of benzene rings is 1. The second kappa shape index (κ2) is 8.18. The zero-order valence-corrected chi connectivity index (χ0v) is 12.8. The first-order chi connectivity index (χ1) is 10.2. The predicted octanol–water partition coefficient (Wildman–Crippen LogP) is 3.87. The Balaban J connectivity index is 2.05. The van der Waals surface area contributed by atoms with Crippen LogP contribution >= 0.6 is 0 Å². The van der Waals surface area contributed by atoms with Gasteiger partial charge in [0.1, 0.15) is 0 Å². The summed E-state index contributed by atoms with van der Waals surface area (Å²) >= 11 is 0. The Morgan fingerprint density at radius 2 is 2.00 bits per heavy atom. The third-order valence-corrected chi connectivity index (χ3v) is 4.43. The second-order valence-electron chi connectivity index (χ2n) is 5.93. The van der Waals surface area contributed by atoms with Crippen molar-refractivity contribution in [3.8, 4) is 0 Å². The van der Waals surface area contributed by atoms with Crippen LogP contribution in [0.15, 0.2) is 30.3 Å². The smallest absolute Gasteiger partial charge is 0.309 e. The fraction of sp³-hybridized carbons (Fsp3) is 0.611. The van der Waals surface area contributed by atoms with Crippen molar-refractivity contribution < 1.29 is 14.6 Å². The Kier molecular flexibility index (Phi) is 6.24. The molecule has 0 saturated carbocycles. The molecule has 3 atom stereocenters. The van der Waals surface area contributed by atoms with E-state index in [1.807, 2.05) is 30.3 Å². The number of hydrogen-bond donors (Lipinski definition) is 1. The summed E-state index contributed by atoms with van der Waals surface area (Å²) in [5.41, 5.74) is 0.901. The maximum atomic E-state index is 11.9. The summed E-state index contributed by atoms with van der Waals surface area (Å²) < 4.78 is 5.11. The number of esters is 1. The minimum atomic E-state index is -0.580. The molecule has 1 N–H and O–H groups in total. The van der Waals surface area contributed by atoms with Gasteiger partial charge in [0, 0.05) is 5.92 Å². The molecule has 1 aliphatic rings. The van der Waals surface area contributed by atoms with E-state index in [-0.39, 0.29) is 17.8 Å². The highest BCUT2D eigenvalue weighted by molar-refractivity contribution is 5.74. The summed E-state index contributed by atoms with van der Waals surface area (Å²) in [6.45, 7) is 2.68. The maximum Gasteiger partial charge on any atom is 0.309 e. The van der Waals surface area contributed by atoms with Gasteiger partial charge in [-0.2, -0.15) is 0 Å². The molecule has 3 heteroatoms. The number of cyclic esters (lactones) is 1. The number of carbonyl (C=O) groups is 1. The van der Waals surface area contributed by atoms with Gasteiger partial charge in [-0.25, -0.2) is 0 Å². The largest absolute Gasteiger partial charge is 0.465 e. The standard InChI is InChI=1S/C18H26O3/c1-2-3-4-8-11-15(16-12-13-21-18(16)20)17(19)14-9-6-5-7-10-14/h5-7,9-10,15-17,19H,2-4,8,11-13H2,1H3. The van der Waals surface area contributed by atoms with Crippen molar-refractivity contribution in [2.45, 2.75) is 51.6 Å². The lowest BCUT2D eigenvalue weighted by Gasteiger charge is -2.26. The molecule has 1 aromatic carbocycles. The average molecular weight is 290 g/mol. The van der Waals surface area contributed by atoms with E-state index < -0.39 is 6.10 Å². The molecule has 0 bridgehead atoms. The van der Waals surface area contributed by atoms with E-state index in [0.717, 1.165) is 31.2 Å². The van der Waals surface area contributed by atoms with Gasteiger partial charge in [-0.1, -0.05) is 62.9 Å². The molecule has 1 heterocycles. The van der Waals surface area contributed by atoms with Gasteiger partial charge in [-0.15, -0.1) is 0 Å². The zero-order chi connectivity index (χ0) is 15.1. The topological polar surface area (TPSA) is 46.5 Å². The molecule has 116 valence electrons. The van der Waals surface area contributed by atoms with Crippen molar-refractivity contribution in [3.05, 3.63) is 35.9 Å². The lowest BCUT2D eigenvalue weighted by Crippen LogP contribution is -2.25. The van der Waals surface area contributed by atoms with Crippen LogP contribution < -0.4 is 0 Å². The molecule has 2 rings (SSSR count). The minimum Gasteiger partial charge on any atom is -0.465 e. The van der Waals surface area contributed by atoms with Gasteiger partial charge < -0.3 is 9.84 Å². The van der Waals surface area contributed by atoms with Crippen LogP contribution in [-0.2, 0) is 9.53 Å². The van der Waals surface area contributed by atoms with Gasteiger partial charge in [0.05, 0.1) is 18.6 Å². The number of ether oxygens (including phenoxy) is 1. The molecule has 1 aromatic rings. The highest BCUT2D eigenvalue weighted by Gasteiger charge is 2.38. The summed E-state index contributed by atoms with van der Waals surface area (Å²) in [7, 11) is 0. The van der Waals surface area contributed by atoms with E-state index in [1.165, 1.54) is 12.8 Å². The van der Waals surface area contributed by atoms with Crippen LogP contribution in [0, 0.1) is 11.8 Å². The first-order valence-electron chi connectivity index (χ1n) is 8.13. The Labute approximate surface area is 127 Å². The summed E-state index contributed by atoms with van der Waals surface area (Å²) in [6, 6.07) is 9.67. The molecule has 0 amide bonds. The molecule has 21 heavy (non-hydrogen) atoms. The van der Waals surface area contributed by atoms with Crippen molar-refractivity contribution in [1.29, 1.82) is 0 Å². The number of hydrogen-bond acceptors (Lipinski definition) is 3. The maximum absolute atomic E-state index is 11.9. The van der Waals surface area contributed by atoms with Crippen molar-refractivity contribution in [3.63, 3.8) is 0 Å². The van der Waals surface area contributed by atoms with Gasteiger partial charge in [0.2, 0.25) is 0 Å². The van der Waals surface area contributed by atoms with E-state index in [1.54, 1.807) is 0 Å². The van der Waals surface area contributed by atoms with Gasteiger partial charge in [-0.05, 0) is 18.4 Å². The van der Waals surface area contributed by atoms with Crippen LogP contribution in [-0.4, -0.2) is 17.7 Å². The van der Waals surface area contributed by atoms with E-state index in [2.05, 4.69) is 6.92 Å². The number of carbonyl (C=O) groups excluding carboxylic acids is 1. The van der Waals surface area contributed by atoms with Gasteiger partial charge in [0.25, 0.3) is 0 Å². The molecule has 1 fully saturated rings.